The van der Waals surface area contributed by atoms with Crippen LogP contribution >= 0.6 is 0 Å². The van der Waals surface area contributed by atoms with E-state index in [0.29, 0.717) is 48.0 Å². The lowest BCUT2D eigenvalue weighted by molar-refractivity contribution is -0.139. The number of hydrogen-bond donors (Lipinski definition) is 0. The molecule has 0 atom stereocenters. The van der Waals surface area contributed by atoms with Crippen LogP contribution in [0.3, 0.4) is 0 Å². The molecule has 2 aromatic carbocycles. The van der Waals surface area contributed by atoms with Gasteiger partial charge in [0.05, 0.1) is 32.5 Å². The Morgan fingerprint density at radius 3 is 2.24 bits per heavy atom. The summed E-state index contributed by atoms with van der Waals surface area (Å²) in [5.74, 6) is -0.000208. The molecule has 38 heavy (non-hydrogen) atoms. The quantitative estimate of drug-likeness (QED) is 0.115. The Kier molecular flexibility index (Phi) is 13.2. The molecule has 2 rings (SSSR count). The second-order valence-corrected chi connectivity index (χ2v) is 8.50. The van der Waals surface area contributed by atoms with Gasteiger partial charge in [-0.1, -0.05) is 19.6 Å². The molecule has 2 aromatic rings. The third-order valence-electron chi connectivity index (χ3n) is 5.22. The van der Waals surface area contributed by atoms with Gasteiger partial charge in [0, 0.05) is 11.6 Å². The summed E-state index contributed by atoms with van der Waals surface area (Å²) < 4.78 is 26.8. The number of carbonyl (C=O) groups excluding carboxylic acids is 3. The minimum atomic E-state index is -0.525. The number of esters is 3. The maximum atomic E-state index is 12.7. The fourth-order valence-electron chi connectivity index (χ4n) is 3.15. The molecule has 8 heteroatoms. The molecule has 0 bridgehead atoms. The molecule has 8 nitrogen and oxygen atoms in total. The molecular formula is C30H36O8. The number of benzene rings is 2. The van der Waals surface area contributed by atoms with Crippen molar-refractivity contribution in [1.82, 2.24) is 0 Å². The Hall–Kier alpha value is -4.07. The van der Waals surface area contributed by atoms with Crippen LogP contribution in [0.4, 0.5) is 0 Å². The van der Waals surface area contributed by atoms with Crippen LogP contribution < -0.4 is 14.2 Å². The SMILES string of the molecule is C=C(C)C(=O)OCCCCCCOc1ccc(C(=O)Oc2ccc(C=CC(=O)OC)cc2OCCC)cc1. The van der Waals surface area contributed by atoms with Gasteiger partial charge in [0.25, 0.3) is 0 Å². The zero-order valence-electron chi connectivity index (χ0n) is 22.3. The summed E-state index contributed by atoms with van der Waals surface area (Å²) in [4.78, 5) is 35.4. The highest BCUT2D eigenvalue weighted by atomic mass is 16.6. The highest BCUT2D eigenvalue weighted by Crippen LogP contribution is 2.30. The van der Waals surface area contributed by atoms with Crippen molar-refractivity contribution in [2.24, 2.45) is 0 Å². The van der Waals surface area contributed by atoms with Gasteiger partial charge in [-0.05, 0) is 87.1 Å². The van der Waals surface area contributed by atoms with Crippen molar-refractivity contribution in [3.05, 3.63) is 71.8 Å². The molecule has 0 aliphatic rings. The van der Waals surface area contributed by atoms with Gasteiger partial charge < -0.3 is 23.7 Å². The van der Waals surface area contributed by atoms with Gasteiger partial charge in [-0.3, -0.25) is 0 Å². The van der Waals surface area contributed by atoms with E-state index < -0.39 is 11.9 Å². The molecule has 0 N–H and O–H groups in total. The lowest BCUT2D eigenvalue weighted by Crippen LogP contribution is -2.10. The third-order valence-corrected chi connectivity index (χ3v) is 5.22. The van der Waals surface area contributed by atoms with E-state index in [9.17, 15) is 14.4 Å². The van der Waals surface area contributed by atoms with E-state index >= 15 is 0 Å². The Morgan fingerprint density at radius 1 is 0.868 bits per heavy atom. The minimum absolute atomic E-state index is 0.286. The summed E-state index contributed by atoms with van der Waals surface area (Å²) in [6.07, 6.45) is 7.23. The first-order chi connectivity index (χ1) is 18.3. The van der Waals surface area contributed by atoms with Crippen LogP contribution in [0.15, 0.2) is 60.7 Å². The molecule has 0 saturated heterocycles. The first kappa shape index (κ1) is 30.2. The largest absolute Gasteiger partial charge is 0.494 e. The summed E-state index contributed by atoms with van der Waals surface area (Å²) in [7, 11) is 1.31. The zero-order chi connectivity index (χ0) is 27.8. The summed E-state index contributed by atoms with van der Waals surface area (Å²) >= 11 is 0. The van der Waals surface area contributed by atoms with E-state index in [4.69, 9.17) is 18.9 Å². The maximum Gasteiger partial charge on any atom is 0.343 e. The molecular weight excluding hydrogens is 488 g/mol. The van der Waals surface area contributed by atoms with Gasteiger partial charge >= 0.3 is 17.9 Å². The average Bonchev–Trinajstić information content (AvgIpc) is 2.92. The van der Waals surface area contributed by atoms with E-state index in [2.05, 4.69) is 11.3 Å². The lowest BCUT2D eigenvalue weighted by Gasteiger charge is -2.12. The highest BCUT2D eigenvalue weighted by molar-refractivity contribution is 5.91. The normalized spacial score (nSPS) is 10.6. The van der Waals surface area contributed by atoms with E-state index in [1.165, 1.54) is 13.2 Å². The molecule has 0 amide bonds. The van der Waals surface area contributed by atoms with Crippen molar-refractivity contribution < 1.29 is 38.1 Å². The van der Waals surface area contributed by atoms with Crippen LogP contribution in [0.25, 0.3) is 6.08 Å². The maximum absolute atomic E-state index is 12.7. The summed E-state index contributed by atoms with van der Waals surface area (Å²) in [5, 5.41) is 0. The Balaban J connectivity index is 1.84. The monoisotopic (exact) mass is 524 g/mol. The van der Waals surface area contributed by atoms with Crippen LogP contribution in [-0.4, -0.2) is 44.8 Å². The molecule has 204 valence electrons. The van der Waals surface area contributed by atoms with E-state index in [0.717, 1.165) is 32.1 Å². The number of rotatable bonds is 16. The van der Waals surface area contributed by atoms with Crippen LogP contribution in [0.5, 0.6) is 17.2 Å². The van der Waals surface area contributed by atoms with Gasteiger partial charge in [0.1, 0.15) is 5.75 Å². The molecule has 0 aliphatic carbocycles. The zero-order valence-corrected chi connectivity index (χ0v) is 22.3. The second-order valence-electron chi connectivity index (χ2n) is 8.50. The van der Waals surface area contributed by atoms with Gasteiger partial charge in [-0.15, -0.1) is 0 Å². The number of methoxy groups -OCH3 is 1. The molecule has 0 spiro atoms. The molecule has 0 saturated carbocycles. The van der Waals surface area contributed by atoms with Gasteiger partial charge in [-0.2, -0.15) is 0 Å². The van der Waals surface area contributed by atoms with E-state index in [-0.39, 0.29) is 11.7 Å². The average molecular weight is 525 g/mol. The van der Waals surface area contributed by atoms with Crippen molar-refractivity contribution in [1.29, 1.82) is 0 Å². The van der Waals surface area contributed by atoms with Crippen LogP contribution in [-0.2, 0) is 19.1 Å². The summed E-state index contributed by atoms with van der Waals surface area (Å²) in [5.41, 5.74) is 1.48. The van der Waals surface area contributed by atoms with Crippen molar-refractivity contribution >= 4 is 24.0 Å². The Labute approximate surface area is 224 Å². The molecule has 0 heterocycles. The van der Waals surface area contributed by atoms with Gasteiger partial charge in [-0.25, -0.2) is 14.4 Å². The first-order valence-electron chi connectivity index (χ1n) is 12.6. The number of carbonyl (C=O) groups is 3. The molecule has 0 aliphatic heterocycles. The van der Waals surface area contributed by atoms with E-state index in [1.54, 1.807) is 55.5 Å². The number of ether oxygens (including phenoxy) is 5. The molecule has 0 unspecified atom stereocenters. The van der Waals surface area contributed by atoms with Crippen molar-refractivity contribution in [3.8, 4) is 17.2 Å². The van der Waals surface area contributed by atoms with Crippen LogP contribution in [0.1, 0.15) is 61.9 Å². The fourth-order valence-corrected chi connectivity index (χ4v) is 3.15. The fraction of sp³-hybridized carbons (Fsp3) is 0.367. The molecule has 0 aromatic heterocycles. The predicted octanol–water partition coefficient (Wildman–Crippen LogP) is 5.94. The van der Waals surface area contributed by atoms with Crippen LogP contribution in [0.2, 0.25) is 0 Å². The molecule has 0 radical (unpaired) electrons. The minimum Gasteiger partial charge on any atom is -0.494 e. The first-order valence-corrected chi connectivity index (χ1v) is 12.6. The standard InChI is InChI=1S/C30H36O8/c1-5-18-36-27-21-23(11-17-28(31)34-4)10-16-26(27)38-30(33)24-12-14-25(15-13-24)35-19-8-6-7-9-20-37-29(32)22(2)3/h10-17,21H,2,5-9,18-20H2,1,3-4H3. The van der Waals surface area contributed by atoms with Crippen LogP contribution in [0, 0.1) is 0 Å². The highest BCUT2D eigenvalue weighted by Gasteiger charge is 2.14. The summed E-state index contributed by atoms with van der Waals surface area (Å²) in [6, 6.07) is 11.8. The molecule has 0 fully saturated rings. The van der Waals surface area contributed by atoms with Crippen molar-refractivity contribution in [2.75, 3.05) is 26.9 Å². The number of unbranched alkanes of at least 4 members (excludes halogenated alkanes) is 3. The number of hydrogen-bond acceptors (Lipinski definition) is 8. The van der Waals surface area contributed by atoms with Crippen molar-refractivity contribution in [2.45, 2.75) is 46.0 Å². The Bertz CT molecular complexity index is 1100. The van der Waals surface area contributed by atoms with Gasteiger partial charge in [0.15, 0.2) is 11.5 Å². The summed E-state index contributed by atoms with van der Waals surface area (Å²) in [6.45, 7) is 8.54. The second kappa shape index (κ2) is 16.6. The van der Waals surface area contributed by atoms with Crippen molar-refractivity contribution in [3.63, 3.8) is 0 Å². The predicted molar refractivity (Wildman–Crippen MR) is 144 cm³/mol. The van der Waals surface area contributed by atoms with E-state index in [1.807, 2.05) is 6.92 Å². The topological polar surface area (TPSA) is 97.4 Å². The Morgan fingerprint density at radius 2 is 1.58 bits per heavy atom. The smallest absolute Gasteiger partial charge is 0.343 e. The third kappa shape index (κ3) is 10.9. The van der Waals surface area contributed by atoms with Gasteiger partial charge in [0.2, 0.25) is 0 Å². The lowest BCUT2D eigenvalue weighted by atomic mass is 10.2.